The molecule has 0 amide bonds. The molecule has 0 nitrogen and oxygen atoms in total. The average Bonchev–Trinajstić information content (AvgIpc) is 2.92. The van der Waals surface area contributed by atoms with E-state index in [-0.39, 0.29) is 16.2 Å². The maximum Gasteiger partial charge on any atom is -0.00206 e. The van der Waals surface area contributed by atoms with Gasteiger partial charge in [-0.15, -0.1) is 0 Å². The van der Waals surface area contributed by atoms with Gasteiger partial charge in [0.05, 0.1) is 0 Å². The molecular weight excluding hydrogens is 492 g/mol. The molecular formula is C41H48. The Hall–Kier alpha value is -3.64. The van der Waals surface area contributed by atoms with Gasteiger partial charge in [0.1, 0.15) is 0 Å². The molecule has 0 aliphatic rings. The number of allylic oxidation sites excluding steroid dienone is 3. The van der Waals surface area contributed by atoms with Gasteiger partial charge in [0.15, 0.2) is 0 Å². The van der Waals surface area contributed by atoms with Crippen molar-refractivity contribution in [3.63, 3.8) is 0 Å². The van der Waals surface area contributed by atoms with Crippen LogP contribution >= 0.6 is 0 Å². The summed E-state index contributed by atoms with van der Waals surface area (Å²) in [5.41, 5.74) is 14.1. The van der Waals surface area contributed by atoms with Gasteiger partial charge in [0.2, 0.25) is 0 Å². The fourth-order valence-corrected chi connectivity index (χ4v) is 5.49. The molecule has 0 heteroatoms. The van der Waals surface area contributed by atoms with Crippen LogP contribution in [-0.2, 0) is 16.2 Å². The van der Waals surface area contributed by atoms with E-state index in [0.29, 0.717) is 0 Å². The summed E-state index contributed by atoms with van der Waals surface area (Å²) >= 11 is 0. The lowest BCUT2D eigenvalue weighted by molar-refractivity contribution is 0.590. The van der Waals surface area contributed by atoms with E-state index in [0.717, 1.165) is 5.57 Å². The second-order valence-electron chi connectivity index (χ2n) is 14.3. The maximum atomic E-state index is 4.18. The average molecular weight is 541 g/mol. The van der Waals surface area contributed by atoms with Crippen LogP contribution in [0.15, 0.2) is 104 Å². The van der Waals surface area contributed by atoms with E-state index in [2.05, 4.69) is 167 Å². The molecule has 4 aromatic rings. The molecule has 41 heavy (non-hydrogen) atoms. The molecule has 4 rings (SSSR count). The number of hydrogen-bond donors (Lipinski definition) is 0. The van der Waals surface area contributed by atoms with E-state index < -0.39 is 0 Å². The third-order valence-corrected chi connectivity index (χ3v) is 8.19. The highest BCUT2D eigenvalue weighted by Gasteiger charge is 2.22. The third-order valence-electron chi connectivity index (χ3n) is 8.19. The van der Waals surface area contributed by atoms with Gasteiger partial charge in [-0.1, -0.05) is 166 Å². The van der Waals surface area contributed by atoms with Crippen molar-refractivity contribution in [1.29, 1.82) is 0 Å². The summed E-state index contributed by atoms with van der Waals surface area (Å²) in [5, 5.41) is 0. The van der Waals surface area contributed by atoms with Crippen LogP contribution in [0.5, 0.6) is 0 Å². The summed E-state index contributed by atoms with van der Waals surface area (Å²) in [6.07, 6.45) is 4.15. The Morgan fingerprint density at radius 1 is 0.488 bits per heavy atom. The number of hydrogen-bond acceptors (Lipinski definition) is 0. The highest BCUT2D eigenvalue weighted by molar-refractivity contribution is 6.00. The van der Waals surface area contributed by atoms with Crippen LogP contribution in [-0.4, -0.2) is 0 Å². The zero-order valence-electron chi connectivity index (χ0n) is 26.9. The van der Waals surface area contributed by atoms with Crippen LogP contribution in [0, 0.1) is 0 Å². The van der Waals surface area contributed by atoms with Crippen LogP contribution in [0.1, 0.15) is 91.5 Å². The maximum absolute atomic E-state index is 4.18. The molecule has 4 aromatic carbocycles. The molecule has 0 bridgehead atoms. The van der Waals surface area contributed by atoms with E-state index in [9.17, 15) is 0 Å². The summed E-state index contributed by atoms with van der Waals surface area (Å²) < 4.78 is 0. The third kappa shape index (κ3) is 6.48. The molecule has 0 aromatic heterocycles. The van der Waals surface area contributed by atoms with Crippen LogP contribution in [0.4, 0.5) is 0 Å². The summed E-state index contributed by atoms with van der Waals surface area (Å²) in [5.74, 6) is 0. The quantitative estimate of drug-likeness (QED) is 0.221. The van der Waals surface area contributed by atoms with Crippen molar-refractivity contribution in [3.8, 4) is 33.4 Å². The first kappa shape index (κ1) is 30.3. The first-order chi connectivity index (χ1) is 19.1. The Morgan fingerprint density at radius 3 is 1.20 bits per heavy atom. The second-order valence-corrected chi connectivity index (χ2v) is 14.3. The normalized spacial score (nSPS) is 12.9. The molecule has 0 N–H and O–H groups in total. The van der Waals surface area contributed by atoms with Crippen LogP contribution in [0.3, 0.4) is 0 Å². The highest BCUT2D eigenvalue weighted by Crippen LogP contribution is 2.45. The minimum Gasteiger partial charge on any atom is -0.0985 e. The van der Waals surface area contributed by atoms with E-state index in [4.69, 9.17) is 0 Å². The first-order valence-corrected chi connectivity index (χ1v) is 14.9. The molecule has 0 radical (unpaired) electrons. The fourth-order valence-electron chi connectivity index (χ4n) is 5.49. The van der Waals surface area contributed by atoms with Gasteiger partial charge < -0.3 is 0 Å². The molecule has 0 saturated heterocycles. The van der Waals surface area contributed by atoms with Crippen molar-refractivity contribution in [2.45, 2.75) is 85.5 Å². The van der Waals surface area contributed by atoms with E-state index in [1.807, 2.05) is 6.08 Å². The molecule has 0 aliphatic carbocycles. The Labute approximate surface area is 249 Å². The number of benzene rings is 4. The van der Waals surface area contributed by atoms with Gasteiger partial charge in [-0.2, -0.15) is 0 Å². The zero-order chi connectivity index (χ0) is 30.2. The largest absolute Gasteiger partial charge is 0.0985 e. The van der Waals surface area contributed by atoms with Gasteiger partial charge >= 0.3 is 0 Å². The molecule has 0 saturated carbocycles. The van der Waals surface area contributed by atoms with Gasteiger partial charge in [-0.05, 0) is 84.4 Å². The molecule has 0 fully saturated rings. The first-order valence-electron chi connectivity index (χ1n) is 14.9. The van der Waals surface area contributed by atoms with E-state index in [1.165, 1.54) is 55.6 Å². The van der Waals surface area contributed by atoms with E-state index >= 15 is 0 Å². The Morgan fingerprint density at radius 2 is 0.854 bits per heavy atom. The predicted molar refractivity (Wildman–Crippen MR) is 183 cm³/mol. The summed E-state index contributed by atoms with van der Waals surface area (Å²) in [7, 11) is 0. The lowest BCUT2D eigenvalue weighted by Gasteiger charge is -2.24. The fraction of sp³-hybridized carbons (Fsp3) is 0.317. The Balaban J connectivity index is 2.09. The Kier molecular flexibility index (Phi) is 8.38. The summed E-state index contributed by atoms with van der Waals surface area (Å²) in [4.78, 5) is 0. The van der Waals surface area contributed by atoms with Crippen LogP contribution in [0.2, 0.25) is 0 Å². The van der Waals surface area contributed by atoms with Crippen molar-refractivity contribution in [3.05, 3.63) is 126 Å². The van der Waals surface area contributed by atoms with Crippen molar-refractivity contribution in [2.75, 3.05) is 0 Å². The summed E-state index contributed by atoms with van der Waals surface area (Å²) in [6, 6.07) is 32.1. The predicted octanol–water partition coefficient (Wildman–Crippen LogP) is 12.2. The van der Waals surface area contributed by atoms with Crippen LogP contribution in [0.25, 0.3) is 39.0 Å². The highest BCUT2D eigenvalue weighted by atomic mass is 14.3. The van der Waals surface area contributed by atoms with Gasteiger partial charge in [-0.25, -0.2) is 0 Å². The van der Waals surface area contributed by atoms with Crippen LogP contribution < -0.4 is 0 Å². The standard InChI is InChI=1S/C41H48/c1-12-28(13-2)35-26-27-36(29-14-20-32(21-15-29)39(3,4)5)38(31-18-24-34(25-19-31)41(9,10)11)37(35)30-16-22-33(23-17-30)40(6,7)8/h12-27H,1H2,2-11H3/b28-13+. The molecule has 0 spiro atoms. The Bertz CT molecular complexity index is 1530. The molecule has 0 atom stereocenters. The van der Waals surface area contributed by atoms with Crippen molar-refractivity contribution in [2.24, 2.45) is 0 Å². The minimum atomic E-state index is 0.0958. The molecule has 0 heterocycles. The van der Waals surface area contributed by atoms with Gasteiger partial charge in [0.25, 0.3) is 0 Å². The SMILES string of the molecule is C=C/C(=C\C)c1ccc(-c2ccc(C(C)(C)C)cc2)c(-c2ccc(C(C)(C)C)cc2)c1-c1ccc(C(C)(C)C)cc1. The van der Waals surface area contributed by atoms with Crippen molar-refractivity contribution in [1.82, 2.24) is 0 Å². The molecule has 212 valence electrons. The van der Waals surface area contributed by atoms with E-state index in [1.54, 1.807) is 0 Å². The minimum absolute atomic E-state index is 0.0958. The lowest BCUT2D eigenvalue weighted by atomic mass is 9.80. The monoisotopic (exact) mass is 540 g/mol. The van der Waals surface area contributed by atoms with Crippen molar-refractivity contribution < 1.29 is 0 Å². The zero-order valence-corrected chi connectivity index (χ0v) is 26.9. The smallest absolute Gasteiger partial charge is 0.00206 e. The second kappa shape index (κ2) is 11.3. The molecule has 0 unspecified atom stereocenters. The summed E-state index contributed by atoms with van der Waals surface area (Å²) in [6.45, 7) is 26.7. The topological polar surface area (TPSA) is 0 Å². The number of rotatable bonds is 5. The lowest BCUT2D eigenvalue weighted by Crippen LogP contribution is -2.11. The molecule has 0 aliphatic heterocycles. The van der Waals surface area contributed by atoms with Gasteiger partial charge in [0, 0.05) is 0 Å². The van der Waals surface area contributed by atoms with Gasteiger partial charge in [-0.3, -0.25) is 0 Å². The van der Waals surface area contributed by atoms with Crippen molar-refractivity contribution >= 4 is 5.57 Å².